The van der Waals surface area contributed by atoms with Crippen molar-refractivity contribution in [2.75, 3.05) is 19.8 Å². The Labute approximate surface area is 104 Å². The zero-order chi connectivity index (χ0) is 12.7. The molecule has 1 atom stereocenters. The van der Waals surface area contributed by atoms with Crippen molar-refractivity contribution in [1.82, 2.24) is 15.1 Å². The lowest BCUT2D eigenvalue weighted by molar-refractivity contribution is 0.107. The standard InChI is InChI=1S/C13H25N3O/c1-11(2)10-17-9-5-7-14-12(3)13-6-8-15-16(13)4/h6,8,11-12,14H,5,7,9-10H2,1-4H3. The topological polar surface area (TPSA) is 39.1 Å². The minimum absolute atomic E-state index is 0.340. The second kappa shape index (κ2) is 7.45. The average molecular weight is 239 g/mol. The zero-order valence-corrected chi connectivity index (χ0v) is 11.4. The molecule has 0 saturated carbocycles. The lowest BCUT2D eigenvalue weighted by atomic mass is 10.2. The number of ether oxygens (including phenoxy) is 1. The van der Waals surface area contributed by atoms with Crippen LogP contribution in [0, 0.1) is 5.92 Å². The Morgan fingerprint density at radius 2 is 2.18 bits per heavy atom. The number of hydrogen-bond acceptors (Lipinski definition) is 3. The van der Waals surface area contributed by atoms with Crippen molar-refractivity contribution >= 4 is 0 Å². The maximum absolute atomic E-state index is 5.53. The Kier molecular flexibility index (Phi) is 6.22. The fourth-order valence-electron chi connectivity index (χ4n) is 1.73. The van der Waals surface area contributed by atoms with Gasteiger partial charge in [-0.25, -0.2) is 0 Å². The summed E-state index contributed by atoms with van der Waals surface area (Å²) in [5.41, 5.74) is 1.22. The van der Waals surface area contributed by atoms with Gasteiger partial charge in [-0.15, -0.1) is 0 Å². The number of aryl methyl sites for hydroxylation is 1. The molecule has 0 aromatic carbocycles. The predicted molar refractivity (Wildman–Crippen MR) is 69.9 cm³/mol. The van der Waals surface area contributed by atoms with Crippen LogP contribution in [0.1, 0.15) is 38.9 Å². The number of nitrogens with zero attached hydrogens (tertiary/aromatic N) is 2. The summed E-state index contributed by atoms with van der Waals surface area (Å²) in [5.74, 6) is 0.622. The maximum Gasteiger partial charge on any atom is 0.0547 e. The summed E-state index contributed by atoms with van der Waals surface area (Å²) in [4.78, 5) is 0. The Balaban J connectivity index is 2.09. The van der Waals surface area contributed by atoms with Crippen LogP contribution < -0.4 is 5.32 Å². The van der Waals surface area contributed by atoms with Crippen LogP contribution >= 0.6 is 0 Å². The van der Waals surface area contributed by atoms with E-state index in [1.165, 1.54) is 5.69 Å². The molecule has 4 nitrogen and oxygen atoms in total. The number of nitrogens with one attached hydrogen (secondary N) is 1. The molecule has 0 amide bonds. The minimum Gasteiger partial charge on any atom is -0.381 e. The van der Waals surface area contributed by atoms with Crippen LogP contribution in [0.5, 0.6) is 0 Å². The quantitative estimate of drug-likeness (QED) is 0.706. The highest BCUT2D eigenvalue weighted by molar-refractivity contribution is 5.04. The summed E-state index contributed by atoms with van der Waals surface area (Å²) in [7, 11) is 1.97. The maximum atomic E-state index is 5.53. The Morgan fingerprint density at radius 3 is 2.76 bits per heavy atom. The molecule has 0 aliphatic rings. The fourth-order valence-corrected chi connectivity index (χ4v) is 1.73. The number of aromatic nitrogens is 2. The summed E-state index contributed by atoms with van der Waals surface area (Å²) < 4.78 is 7.44. The zero-order valence-electron chi connectivity index (χ0n) is 11.4. The minimum atomic E-state index is 0.340. The van der Waals surface area contributed by atoms with Crippen LogP contribution in [0.3, 0.4) is 0 Å². The fraction of sp³-hybridized carbons (Fsp3) is 0.769. The van der Waals surface area contributed by atoms with E-state index in [4.69, 9.17) is 4.74 Å². The van der Waals surface area contributed by atoms with Crippen molar-refractivity contribution in [3.63, 3.8) is 0 Å². The van der Waals surface area contributed by atoms with Gasteiger partial charge in [-0.3, -0.25) is 4.68 Å². The van der Waals surface area contributed by atoms with Crippen molar-refractivity contribution < 1.29 is 4.74 Å². The van der Waals surface area contributed by atoms with E-state index in [9.17, 15) is 0 Å². The molecule has 0 aliphatic heterocycles. The predicted octanol–water partition coefficient (Wildman–Crippen LogP) is 2.13. The van der Waals surface area contributed by atoms with Gasteiger partial charge in [-0.2, -0.15) is 5.10 Å². The second-order valence-electron chi connectivity index (χ2n) is 4.88. The molecule has 0 bridgehead atoms. The highest BCUT2D eigenvalue weighted by Gasteiger charge is 2.07. The van der Waals surface area contributed by atoms with E-state index >= 15 is 0 Å². The third kappa shape index (κ3) is 5.33. The van der Waals surface area contributed by atoms with Crippen molar-refractivity contribution in [3.8, 4) is 0 Å². The molecule has 1 rings (SSSR count). The van der Waals surface area contributed by atoms with E-state index < -0.39 is 0 Å². The van der Waals surface area contributed by atoms with Gasteiger partial charge in [0.2, 0.25) is 0 Å². The molecule has 4 heteroatoms. The van der Waals surface area contributed by atoms with Gasteiger partial charge < -0.3 is 10.1 Å². The van der Waals surface area contributed by atoms with E-state index in [0.717, 1.165) is 26.2 Å². The summed E-state index contributed by atoms with van der Waals surface area (Å²) in [5, 5.41) is 7.64. The SMILES string of the molecule is CC(C)COCCCNC(C)c1ccnn1C. The van der Waals surface area contributed by atoms with Crippen molar-refractivity contribution in [1.29, 1.82) is 0 Å². The monoisotopic (exact) mass is 239 g/mol. The highest BCUT2D eigenvalue weighted by atomic mass is 16.5. The van der Waals surface area contributed by atoms with Crippen LogP contribution in [0.4, 0.5) is 0 Å². The van der Waals surface area contributed by atoms with E-state index in [-0.39, 0.29) is 0 Å². The summed E-state index contributed by atoms with van der Waals surface area (Å²) in [6.07, 6.45) is 2.88. The molecule has 0 saturated heterocycles. The molecule has 1 aromatic rings. The van der Waals surface area contributed by atoms with Gasteiger partial charge in [0.1, 0.15) is 0 Å². The van der Waals surface area contributed by atoms with E-state index in [0.29, 0.717) is 12.0 Å². The lowest BCUT2D eigenvalue weighted by Crippen LogP contribution is -2.23. The first-order chi connectivity index (χ1) is 8.11. The van der Waals surface area contributed by atoms with Crippen LogP contribution in [-0.2, 0) is 11.8 Å². The van der Waals surface area contributed by atoms with Gasteiger partial charge >= 0.3 is 0 Å². The first-order valence-electron chi connectivity index (χ1n) is 6.40. The first kappa shape index (κ1) is 14.2. The van der Waals surface area contributed by atoms with Gasteiger partial charge in [0.05, 0.1) is 5.69 Å². The van der Waals surface area contributed by atoms with Crippen LogP contribution in [0.2, 0.25) is 0 Å². The van der Waals surface area contributed by atoms with Gasteiger partial charge in [0.15, 0.2) is 0 Å². The average Bonchev–Trinajstić information content (AvgIpc) is 2.69. The molecular weight excluding hydrogens is 214 g/mol. The smallest absolute Gasteiger partial charge is 0.0547 e. The molecule has 0 spiro atoms. The second-order valence-corrected chi connectivity index (χ2v) is 4.88. The lowest BCUT2D eigenvalue weighted by Gasteiger charge is -2.14. The van der Waals surface area contributed by atoms with Gasteiger partial charge in [0.25, 0.3) is 0 Å². The first-order valence-corrected chi connectivity index (χ1v) is 6.40. The Hall–Kier alpha value is -0.870. The molecule has 0 radical (unpaired) electrons. The summed E-state index contributed by atoms with van der Waals surface area (Å²) >= 11 is 0. The summed E-state index contributed by atoms with van der Waals surface area (Å²) in [6.45, 7) is 9.17. The van der Waals surface area contributed by atoms with Crippen molar-refractivity contribution in [3.05, 3.63) is 18.0 Å². The van der Waals surface area contributed by atoms with Crippen molar-refractivity contribution in [2.45, 2.75) is 33.2 Å². The largest absolute Gasteiger partial charge is 0.381 e. The molecule has 98 valence electrons. The molecule has 17 heavy (non-hydrogen) atoms. The third-order valence-corrected chi connectivity index (χ3v) is 2.67. The van der Waals surface area contributed by atoms with Crippen LogP contribution in [0.25, 0.3) is 0 Å². The Morgan fingerprint density at radius 1 is 1.41 bits per heavy atom. The molecule has 1 unspecified atom stereocenters. The van der Waals surface area contributed by atoms with Crippen LogP contribution in [-0.4, -0.2) is 29.5 Å². The number of hydrogen-bond donors (Lipinski definition) is 1. The highest BCUT2D eigenvalue weighted by Crippen LogP contribution is 2.09. The third-order valence-electron chi connectivity index (χ3n) is 2.67. The molecule has 1 aromatic heterocycles. The van der Waals surface area contributed by atoms with E-state index in [2.05, 4.69) is 31.2 Å². The molecule has 1 heterocycles. The number of rotatable bonds is 8. The van der Waals surface area contributed by atoms with Gasteiger partial charge in [-0.1, -0.05) is 13.8 Å². The molecule has 0 fully saturated rings. The van der Waals surface area contributed by atoms with Gasteiger partial charge in [-0.05, 0) is 31.9 Å². The normalized spacial score (nSPS) is 13.2. The molecule has 1 N–H and O–H groups in total. The van der Waals surface area contributed by atoms with Gasteiger partial charge in [0, 0.05) is 32.5 Å². The van der Waals surface area contributed by atoms with E-state index in [1.54, 1.807) is 0 Å². The molecule has 0 aliphatic carbocycles. The van der Waals surface area contributed by atoms with Crippen molar-refractivity contribution in [2.24, 2.45) is 13.0 Å². The Bertz CT molecular complexity index is 309. The summed E-state index contributed by atoms with van der Waals surface area (Å²) in [6, 6.07) is 2.39. The molecular formula is C13H25N3O. The van der Waals surface area contributed by atoms with E-state index in [1.807, 2.05) is 24.0 Å². The van der Waals surface area contributed by atoms with Crippen LogP contribution in [0.15, 0.2) is 12.3 Å².